The van der Waals surface area contributed by atoms with Gasteiger partial charge in [0, 0.05) is 37.6 Å². The Morgan fingerprint density at radius 2 is 1.63 bits per heavy atom. The van der Waals surface area contributed by atoms with E-state index in [0.717, 1.165) is 17.0 Å². The number of hydrogen-bond acceptors (Lipinski definition) is 5. The van der Waals surface area contributed by atoms with E-state index in [1.807, 2.05) is 80.4 Å². The molecule has 38 heavy (non-hydrogen) atoms. The summed E-state index contributed by atoms with van der Waals surface area (Å²) in [7, 11) is 3.23. The molecule has 0 atom stereocenters. The number of nitrogens with zero attached hydrogens (tertiary/aromatic N) is 3. The molecule has 0 fully saturated rings. The second kappa shape index (κ2) is 13.7. The van der Waals surface area contributed by atoms with E-state index in [4.69, 9.17) is 14.2 Å². The van der Waals surface area contributed by atoms with Crippen molar-refractivity contribution in [3.63, 3.8) is 0 Å². The van der Waals surface area contributed by atoms with E-state index >= 15 is 0 Å². The van der Waals surface area contributed by atoms with Crippen LogP contribution >= 0.6 is 0 Å². The van der Waals surface area contributed by atoms with Crippen molar-refractivity contribution in [1.29, 1.82) is 0 Å². The van der Waals surface area contributed by atoms with Crippen molar-refractivity contribution < 1.29 is 23.8 Å². The van der Waals surface area contributed by atoms with Crippen molar-refractivity contribution in [2.24, 2.45) is 0 Å². The Balaban J connectivity index is 1.72. The molecule has 2 aromatic carbocycles. The zero-order valence-corrected chi connectivity index (χ0v) is 23.1. The zero-order valence-electron chi connectivity index (χ0n) is 23.1. The summed E-state index contributed by atoms with van der Waals surface area (Å²) in [5.41, 5.74) is 1.64. The number of amides is 2. The first-order chi connectivity index (χ1) is 18.2. The zero-order chi connectivity index (χ0) is 27.5. The maximum Gasteiger partial charge on any atom is 0.261 e. The summed E-state index contributed by atoms with van der Waals surface area (Å²) in [5.74, 6) is 0.997. The molecule has 8 nitrogen and oxygen atoms in total. The quantitative estimate of drug-likeness (QED) is 0.337. The highest BCUT2D eigenvalue weighted by molar-refractivity contribution is 5.86. The molecular weight excluding hydrogens is 482 g/mol. The highest BCUT2D eigenvalue weighted by Gasteiger charge is 2.30. The number of carbonyl (C=O) groups excluding carboxylic acids is 2. The number of hydrogen-bond donors (Lipinski definition) is 0. The minimum Gasteiger partial charge on any atom is -0.497 e. The Bertz CT molecular complexity index is 1170. The minimum absolute atomic E-state index is 0.0613. The van der Waals surface area contributed by atoms with Crippen LogP contribution in [0.25, 0.3) is 0 Å². The SMILES string of the molecule is COCCN(CC(=O)N(Cc1cccn1Cc1cccc(OC)c1)C(C)(C)C)C(=O)COc1ccccc1. The molecule has 2 amide bonds. The number of methoxy groups -OCH3 is 2. The lowest BCUT2D eigenvalue weighted by molar-refractivity contribution is -0.145. The fourth-order valence-electron chi connectivity index (χ4n) is 4.07. The van der Waals surface area contributed by atoms with E-state index < -0.39 is 5.54 Å². The Morgan fingerprint density at radius 3 is 2.32 bits per heavy atom. The third-order valence-electron chi connectivity index (χ3n) is 6.19. The highest BCUT2D eigenvalue weighted by Crippen LogP contribution is 2.21. The van der Waals surface area contributed by atoms with Gasteiger partial charge >= 0.3 is 0 Å². The second-order valence-corrected chi connectivity index (χ2v) is 10.0. The van der Waals surface area contributed by atoms with E-state index in [1.54, 1.807) is 26.4 Å². The molecule has 1 heterocycles. The number of ether oxygens (including phenoxy) is 3. The average molecular weight is 522 g/mol. The van der Waals surface area contributed by atoms with Gasteiger partial charge in [-0.25, -0.2) is 0 Å². The lowest BCUT2D eigenvalue weighted by Crippen LogP contribution is -2.51. The Morgan fingerprint density at radius 1 is 0.895 bits per heavy atom. The van der Waals surface area contributed by atoms with Crippen molar-refractivity contribution in [3.8, 4) is 11.5 Å². The summed E-state index contributed by atoms with van der Waals surface area (Å²) in [5, 5.41) is 0. The molecule has 8 heteroatoms. The molecule has 0 unspecified atom stereocenters. The summed E-state index contributed by atoms with van der Waals surface area (Å²) in [6.45, 7) is 7.47. The second-order valence-electron chi connectivity index (χ2n) is 10.0. The number of rotatable bonds is 13. The van der Waals surface area contributed by atoms with Crippen molar-refractivity contribution in [2.75, 3.05) is 40.5 Å². The molecule has 0 radical (unpaired) electrons. The molecule has 0 saturated heterocycles. The van der Waals surface area contributed by atoms with Gasteiger partial charge < -0.3 is 28.6 Å². The molecule has 204 valence electrons. The molecule has 3 aromatic rings. The van der Waals surface area contributed by atoms with Crippen LogP contribution < -0.4 is 9.47 Å². The van der Waals surface area contributed by atoms with Crippen LogP contribution in [0.1, 0.15) is 32.0 Å². The van der Waals surface area contributed by atoms with Gasteiger partial charge in [-0.2, -0.15) is 0 Å². The van der Waals surface area contributed by atoms with Crippen molar-refractivity contribution in [2.45, 2.75) is 39.4 Å². The smallest absolute Gasteiger partial charge is 0.261 e. The van der Waals surface area contributed by atoms with Crippen LogP contribution in [0.4, 0.5) is 0 Å². The van der Waals surface area contributed by atoms with Crippen LogP contribution in [-0.4, -0.2) is 72.2 Å². The lowest BCUT2D eigenvalue weighted by atomic mass is 10.1. The highest BCUT2D eigenvalue weighted by atomic mass is 16.5. The van der Waals surface area contributed by atoms with Gasteiger partial charge in [-0.1, -0.05) is 30.3 Å². The van der Waals surface area contributed by atoms with Crippen LogP contribution in [0, 0.1) is 0 Å². The largest absolute Gasteiger partial charge is 0.497 e. The van der Waals surface area contributed by atoms with Gasteiger partial charge in [-0.15, -0.1) is 0 Å². The molecule has 0 N–H and O–H groups in total. The van der Waals surface area contributed by atoms with Crippen molar-refractivity contribution in [1.82, 2.24) is 14.4 Å². The predicted octanol–water partition coefficient (Wildman–Crippen LogP) is 4.23. The Kier molecular flexibility index (Phi) is 10.4. The molecule has 3 rings (SSSR count). The first kappa shape index (κ1) is 28.8. The first-order valence-electron chi connectivity index (χ1n) is 12.7. The number of aromatic nitrogens is 1. The van der Waals surface area contributed by atoms with E-state index in [0.29, 0.717) is 32.0 Å². The molecular formula is C30H39N3O5. The monoisotopic (exact) mass is 521 g/mol. The molecule has 0 aliphatic carbocycles. The molecule has 0 saturated carbocycles. The van der Waals surface area contributed by atoms with E-state index in [2.05, 4.69) is 10.6 Å². The third-order valence-corrected chi connectivity index (χ3v) is 6.19. The van der Waals surface area contributed by atoms with Crippen molar-refractivity contribution in [3.05, 3.63) is 84.2 Å². The molecule has 1 aromatic heterocycles. The molecule has 0 aliphatic heterocycles. The number of benzene rings is 2. The molecule has 0 bridgehead atoms. The summed E-state index contributed by atoms with van der Waals surface area (Å²) in [6.07, 6.45) is 2.01. The summed E-state index contributed by atoms with van der Waals surface area (Å²) in [6, 6.07) is 21.1. The van der Waals surface area contributed by atoms with E-state index in [1.165, 1.54) is 4.90 Å². The van der Waals surface area contributed by atoms with Crippen LogP contribution in [0.2, 0.25) is 0 Å². The number of carbonyl (C=O) groups is 2. The van der Waals surface area contributed by atoms with Crippen molar-refractivity contribution >= 4 is 11.8 Å². The van der Waals surface area contributed by atoms with Gasteiger partial charge in [0.2, 0.25) is 5.91 Å². The van der Waals surface area contributed by atoms with Gasteiger partial charge in [-0.3, -0.25) is 9.59 Å². The topological polar surface area (TPSA) is 73.2 Å². The van der Waals surface area contributed by atoms with Crippen LogP contribution in [0.15, 0.2) is 72.9 Å². The van der Waals surface area contributed by atoms with Gasteiger partial charge in [0.15, 0.2) is 6.61 Å². The predicted molar refractivity (Wildman–Crippen MR) is 147 cm³/mol. The van der Waals surface area contributed by atoms with Gasteiger partial charge in [-0.05, 0) is 62.7 Å². The van der Waals surface area contributed by atoms with Crippen LogP contribution in [0.3, 0.4) is 0 Å². The third kappa shape index (κ3) is 8.38. The summed E-state index contributed by atoms with van der Waals surface area (Å²) >= 11 is 0. The van der Waals surface area contributed by atoms with E-state index in [9.17, 15) is 9.59 Å². The molecule has 0 spiro atoms. The summed E-state index contributed by atoms with van der Waals surface area (Å²) < 4.78 is 18.3. The number of para-hydroxylation sites is 1. The first-order valence-corrected chi connectivity index (χ1v) is 12.7. The lowest BCUT2D eigenvalue weighted by Gasteiger charge is -2.37. The standard InChI is InChI=1S/C30H39N3O5/c1-30(2,3)33(21-25-12-10-16-31(25)20-24-11-9-15-27(19-24)37-5)28(34)22-32(17-18-36-4)29(35)23-38-26-13-7-6-8-14-26/h6-16,19H,17-18,20-23H2,1-5H3. The maximum atomic E-state index is 13.6. The van der Waals surface area contributed by atoms with Gasteiger partial charge in [0.25, 0.3) is 5.91 Å². The minimum atomic E-state index is -0.460. The Hall–Kier alpha value is -3.78. The summed E-state index contributed by atoms with van der Waals surface area (Å²) in [4.78, 5) is 30.0. The fraction of sp³-hybridized carbons (Fsp3) is 0.400. The molecule has 0 aliphatic rings. The Labute approximate surface area is 225 Å². The normalized spacial score (nSPS) is 11.2. The van der Waals surface area contributed by atoms with E-state index in [-0.39, 0.29) is 25.0 Å². The van der Waals surface area contributed by atoms with Crippen LogP contribution in [0.5, 0.6) is 11.5 Å². The van der Waals surface area contributed by atoms with Gasteiger partial charge in [0.1, 0.15) is 11.5 Å². The average Bonchev–Trinajstić information content (AvgIpc) is 3.34. The van der Waals surface area contributed by atoms with Crippen LogP contribution in [-0.2, 0) is 27.4 Å². The fourth-order valence-corrected chi connectivity index (χ4v) is 4.07. The van der Waals surface area contributed by atoms with Gasteiger partial charge in [0.05, 0.1) is 26.8 Å². The maximum absolute atomic E-state index is 13.6.